The van der Waals surface area contributed by atoms with Crippen molar-refractivity contribution in [2.45, 2.75) is 26.7 Å². The Morgan fingerprint density at radius 1 is 0.967 bits per heavy atom. The molecule has 0 bridgehead atoms. The van der Waals surface area contributed by atoms with Crippen LogP contribution in [-0.4, -0.2) is 30.1 Å². The molecule has 0 unspecified atom stereocenters. The zero-order valence-corrected chi connectivity index (χ0v) is 20.0. The number of carbonyl (C=O) groups is 2. The SMILES string of the molecule is CCOC(=O)CCc1c(C(=O)OCC)[nH]c2ccc(Br)cc12.Nc1ccc(Br)cc1. The molecule has 0 saturated carbocycles. The second-order valence-electron chi connectivity index (χ2n) is 6.25. The standard InChI is InChI=1S/C16H18BrNO4.C6H6BrN/c1-3-21-14(19)8-6-11-12-9-10(17)5-7-13(12)18-15(11)16(20)22-4-2;7-5-1-3-6(8)4-2-5/h5,7,9,18H,3-4,6,8H2,1-2H3;1-4H,8H2. The van der Waals surface area contributed by atoms with Crippen molar-refractivity contribution in [3.8, 4) is 0 Å². The van der Waals surface area contributed by atoms with Crippen molar-refractivity contribution in [1.82, 2.24) is 4.98 Å². The first kappa shape index (κ1) is 24.0. The van der Waals surface area contributed by atoms with E-state index in [4.69, 9.17) is 15.2 Å². The molecule has 30 heavy (non-hydrogen) atoms. The number of hydrogen-bond acceptors (Lipinski definition) is 5. The Morgan fingerprint density at radius 2 is 1.60 bits per heavy atom. The second kappa shape index (κ2) is 11.8. The minimum atomic E-state index is -0.409. The zero-order valence-electron chi connectivity index (χ0n) is 16.8. The average molecular weight is 540 g/mol. The number of anilines is 1. The molecule has 0 atom stereocenters. The Bertz CT molecular complexity index is 979. The van der Waals surface area contributed by atoms with Gasteiger partial charge >= 0.3 is 11.9 Å². The van der Waals surface area contributed by atoms with Gasteiger partial charge in [0.2, 0.25) is 0 Å². The van der Waals surface area contributed by atoms with Gasteiger partial charge in [-0.15, -0.1) is 0 Å². The van der Waals surface area contributed by atoms with E-state index in [0.717, 1.165) is 31.1 Å². The predicted octanol–water partition coefficient (Wildman–Crippen LogP) is 5.63. The lowest BCUT2D eigenvalue weighted by molar-refractivity contribution is -0.143. The number of rotatable bonds is 6. The molecule has 8 heteroatoms. The van der Waals surface area contributed by atoms with Crippen molar-refractivity contribution in [3.05, 3.63) is 62.7 Å². The van der Waals surface area contributed by atoms with Crippen LogP contribution in [0.5, 0.6) is 0 Å². The van der Waals surface area contributed by atoms with Gasteiger partial charge in [-0.25, -0.2) is 4.79 Å². The first-order valence-corrected chi connectivity index (χ1v) is 11.1. The summed E-state index contributed by atoms with van der Waals surface area (Å²) >= 11 is 6.72. The number of halogens is 2. The summed E-state index contributed by atoms with van der Waals surface area (Å²) in [4.78, 5) is 26.8. The van der Waals surface area contributed by atoms with E-state index in [-0.39, 0.29) is 12.4 Å². The predicted molar refractivity (Wildman–Crippen MR) is 125 cm³/mol. The minimum absolute atomic E-state index is 0.222. The lowest BCUT2D eigenvalue weighted by Gasteiger charge is -2.05. The molecule has 0 aliphatic rings. The van der Waals surface area contributed by atoms with E-state index < -0.39 is 5.97 Å². The van der Waals surface area contributed by atoms with E-state index in [9.17, 15) is 9.59 Å². The summed E-state index contributed by atoms with van der Waals surface area (Å²) in [6, 6.07) is 13.2. The van der Waals surface area contributed by atoms with Gasteiger partial charge in [-0.1, -0.05) is 31.9 Å². The lowest BCUT2D eigenvalue weighted by atomic mass is 10.1. The number of fused-ring (bicyclic) bond motifs is 1. The van der Waals surface area contributed by atoms with Crippen molar-refractivity contribution >= 4 is 60.4 Å². The normalized spacial score (nSPS) is 10.3. The van der Waals surface area contributed by atoms with E-state index in [1.807, 2.05) is 42.5 Å². The average Bonchev–Trinajstić information content (AvgIpc) is 3.07. The Labute approximate surface area is 192 Å². The van der Waals surface area contributed by atoms with E-state index in [2.05, 4.69) is 36.8 Å². The van der Waals surface area contributed by atoms with E-state index in [1.165, 1.54) is 0 Å². The van der Waals surface area contributed by atoms with E-state index in [1.54, 1.807) is 13.8 Å². The van der Waals surface area contributed by atoms with Crippen LogP contribution in [0, 0.1) is 0 Å². The van der Waals surface area contributed by atoms with E-state index >= 15 is 0 Å². The van der Waals surface area contributed by atoms with Gasteiger partial charge in [0.15, 0.2) is 0 Å². The number of ether oxygens (including phenoxy) is 2. The third-order valence-electron chi connectivity index (χ3n) is 4.10. The smallest absolute Gasteiger partial charge is 0.355 e. The molecule has 0 fully saturated rings. The molecule has 2 aromatic carbocycles. The number of nitrogens with two attached hydrogens (primary N) is 1. The maximum Gasteiger partial charge on any atom is 0.355 e. The molecule has 160 valence electrons. The Balaban J connectivity index is 0.000000335. The highest BCUT2D eigenvalue weighted by molar-refractivity contribution is 9.10. The second-order valence-corrected chi connectivity index (χ2v) is 8.08. The van der Waals surface area contributed by atoms with Gasteiger partial charge in [-0.3, -0.25) is 4.79 Å². The summed E-state index contributed by atoms with van der Waals surface area (Å²) in [5.74, 6) is -0.685. The summed E-state index contributed by atoms with van der Waals surface area (Å²) in [7, 11) is 0. The number of aromatic amines is 1. The minimum Gasteiger partial charge on any atom is -0.466 e. The molecular weight excluding hydrogens is 516 g/mol. The number of aromatic nitrogens is 1. The number of H-pyrrole nitrogens is 1. The highest BCUT2D eigenvalue weighted by Crippen LogP contribution is 2.27. The fourth-order valence-electron chi connectivity index (χ4n) is 2.78. The van der Waals surface area contributed by atoms with Crippen LogP contribution in [0.25, 0.3) is 10.9 Å². The maximum absolute atomic E-state index is 12.1. The van der Waals surface area contributed by atoms with Crippen molar-refractivity contribution in [2.24, 2.45) is 0 Å². The lowest BCUT2D eigenvalue weighted by Crippen LogP contribution is -2.10. The molecule has 0 spiro atoms. The highest BCUT2D eigenvalue weighted by atomic mass is 79.9. The first-order chi connectivity index (χ1) is 14.3. The molecule has 1 heterocycles. The molecule has 6 nitrogen and oxygen atoms in total. The van der Waals surface area contributed by atoms with Crippen molar-refractivity contribution < 1.29 is 19.1 Å². The summed E-state index contributed by atoms with van der Waals surface area (Å²) in [6.07, 6.45) is 0.642. The topological polar surface area (TPSA) is 94.4 Å². The van der Waals surface area contributed by atoms with Gasteiger partial charge < -0.3 is 20.2 Å². The number of esters is 2. The zero-order chi connectivity index (χ0) is 22.1. The first-order valence-electron chi connectivity index (χ1n) is 9.49. The van der Waals surface area contributed by atoms with Gasteiger partial charge in [-0.2, -0.15) is 0 Å². The van der Waals surface area contributed by atoms with Gasteiger partial charge in [0.05, 0.1) is 13.2 Å². The van der Waals surface area contributed by atoms with Crippen LogP contribution >= 0.6 is 31.9 Å². The Kier molecular flexibility index (Phi) is 9.39. The van der Waals surface area contributed by atoms with Gasteiger partial charge in [0.25, 0.3) is 0 Å². The van der Waals surface area contributed by atoms with Crippen LogP contribution in [-0.2, 0) is 20.7 Å². The van der Waals surface area contributed by atoms with E-state index in [0.29, 0.717) is 25.3 Å². The molecule has 3 rings (SSSR count). The number of carbonyl (C=O) groups excluding carboxylic acids is 2. The van der Waals surface area contributed by atoms with Crippen LogP contribution in [0.15, 0.2) is 51.4 Å². The molecule has 0 aliphatic carbocycles. The number of nitrogen functional groups attached to an aromatic ring is 1. The number of nitrogens with one attached hydrogen (secondary N) is 1. The largest absolute Gasteiger partial charge is 0.466 e. The van der Waals surface area contributed by atoms with Gasteiger partial charge in [-0.05, 0) is 68.3 Å². The maximum atomic E-state index is 12.1. The molecule has 0 radical (unpaired) electrons. The summed E-state index contributed by atoms with van der Waals surface area (Å²) in [5.41, 5.74) is 8.23. The van der Waals surface area contributed by atoms with Crippen molar-refractivity contribution in [3.63, 3.8) is 0 Å². The van der Waals surface area contributed by atoms with Crippen LogP contribution < -0.4 is 5.73 Å². The summed E-state index contributed by atoms with van der Waals surface area (Å²) < 4.78 is 12.0. The fourth-order valence-corrected chi connectivity index (χ4v) is 3.41. The van der Waals surface area contributed by atoms with Crippen LogP contribution in [0.1, 0.15) is 36.3 Å². The Morgan fingerprint density at radius 3 is 2.20 bits per heavy atom. The summed E-state index contributed by atoms with van der Waals surface area (Å²) in [6.45, 7) is 4.18. The number of benzene rings is 2. The molecule has 3 N–H and O–H groups in total. The van der Waals surface area contributed by atoms with Crippen LogP contribution in [0.2, 0.25) is 0 Å². The quantitative estimate of drug-likeness (QED) is 0.312. The number of hydrogen-bond donors (Lipinski definition) is 2. The van der Waals surface area contributed by atoms with Crippen LogP contribution in [0.3, 0.4) is 0 Å². The van der Waals surface area contributed by atoms with Crippen molar-refractivity contribution in [2.75, 3.05) is 18.9 Å². The molecular formula is C22H24Br2N2O4. The monoisotopic (exact) mass is 538 g/mol. The molecule has 0 aliphatic heterocycles. The molecule has 0 saturated heterocycles. The number of aryl methyl sites for hydroxylation is 1. The van der Waals surface area contributed by atoms with Gasteiger partial charge in [0, 0.05) is 32.0 Å². The summed E-state index contributed by atoms with van der Waals surface area (Å²) in [5, 5.41) is 0.904. The third-order valence-corrected chi connectivity index (χ3v) is 5.12. The Hall–Kier alpha value is -2.32. The molecule has 1 aromatic heterocycles. The fraction of sp³-hybridized carbons (Fsp3) is 0.273. The third kappa shape index (κ3) is 6.88. The van der Waals surface area contributed by atoms with Gasteiger partial charge in [0.1, 0.15) is 5.69 Å². The van der Waals surface area contributed by atoms with Crippen LogP contribution in [0.4, 0.5) is 5.69 Å². The van der Waals surface area contributed by atoms with Crippen molar-refractivity contribution in [1.29, 1.82) is 0 Å². The molecule has 0 amide bonds. The highest BCUT2D eigenvalue weighted by Gasteiger charge is 2.20. The molecule has 3 aromatic rings.